The number of nitrogens with zero attached hydrogens (tertiary/aromatic N) is 2. The second-order valence-corrected chi connectivity index (χ2v) is 7.50. The standard InChI is InChI=1S/C14H21F2N3O3S/c1-3-23(21)10-6-4-5-9(7-10)17-13(20)11-8-12(19(2)18-11)22-14(15)16/h8-10,14H,3-7H2,1-2H3,(H,17,20). The maximum Gasteiger partial charge on any atom is 0.388 e. The highest BCUT2D eigenvalue weighted by Crippen LogP contribution is 2.23. The number of ether oxygens (including phenoxy) is 1. The van der Waals surface area contributed by atoms with Crippen molar-refractivity contribution in [1.82, 2.24) is 15.1 Å². The summed E-state index contributed by atoms with van der Waals surface area (Å²) in [6, 6.07) is 1.12. The fourth-order valence-electron chi connectivity index (χ4n) is 2.77. The number of amides is 1. The summed E-state index contributed by atoms with van der Waals surface area (Å²) in [6.45, 7) is -1.08. The van der Waals surface area contributed by atoms with Crippen molar-refractivity contribution in [3.8, 4) is 5.88 Å². The Morgan fingerprint density at radius 3 is 2.96 bits per heavy atom. The van der Waals surface area contributed by atoms with Crippen LogP contribution in [0.3, 0.4) is 0 Å². The van der Waals surface area contributed by atoms with Crippen molar-refractivity contribution in [2.24, 2.45) is 7.05 Å². The van der Waals surface area contributed by atoms with Crippen LogP contribution in [0.15, 0.2) is 6.07 Å². The fraction of sp³-hybridized carbons (Fsp3) is 0.714. The molecular weight excluding hydrogens is 328 g/mol. The van der Waals surface area contributed by atoms with E-state index in [1.165, 1.54) is 13.1 Å². The first kappa shape index (κ1) is 17.8. The van der Waals surface area contributed by atoms with Crippen LogP contribution in [0.5, 0.6) is 5.88 Å². The molecule has 1 fully saturated rings. The molecule has 1 aromatic heterocycles. The molecule has 3 unspecified atom stereocenters. The molecule has 3 atom stereocenters. The lowest BCUT2D eigenvalue weighted by atomic mass is 9.95. The summed E-state index contributed by atoms with van der Waals surface area (Å²) in [7, 11) is 0.552. The van der Waals surface area contributed by atoms with Gasteiger partial charge in [-0.05, 0) is 19.3 Å². The summed E-state index contributed by atoms with van der Waals surface area (Å²) in [5.74, 6) is 0.0105. The number of hydrogen-bond donors (Lipinski definition) is 1. The molecule has 1 aliphatic rings. The van der Waals surface area contributed by atoms with Crippen LogP contribution in [0.4, 0.5) is 8.78 Å². The molecule has 2 rings (SSSR count). The van der Waals surface area contributed by atoms with Crippen LogP contribution in [0.25, 0.3) is 0 Å². The molecule has 0 bridgehead atoms. The Morgan fingerprint density at radius 2 is 2.30 bits per heavy atom. The van der Waals surface area contributed by atoms with Crippen molar-refractivity contribution in [1.29, 1.82) is 0 Å². The van der Waals surface area contributed by atoms with Gasteiger partial charge < -0.3 is 10.1 Å². The summed E-state index contributed by atoms with van der Waals surface area (Å²) < 4.78 is 41.8. The van der Waals surface area contributed by atoms with Gasteiger partial charge in [0.25, 0.3) is 5.91 Å². The number of carbonyl (C=O) groups is 1. The van der Waals surface area contributed by atoms with E-state index in [0.717, 1.165) is 23.9 Å². The normalized spacial score (nSPS) is 22.8. The number of halogens is 2. The SMILES string of the molecule is CCS(=O)C1CCCC(NC(=O)c2cc(OC(F)F)n(C)n2)C1. The third-order valence-electron chi connectivity index (χ3n) is 3.90. The highest BCUT2D eigenvalue weighted by atomic mass is 32.2. The van der Waals surface area contributed by atoms with Crippen molar-refractivity contribution >= 4 is 16.7 Å². The van der Waals surface area contributed by atoms with E-state index in [1.54, 1.807) is 0 Å². The van der Waals surface area contributed by atoms with Crippen LogP contribution in [-0.4, -0.2) is 43.6 Å². The predicted molar refractivity (Wildman–Crippen MR) is 82.0 cm³/mol. The highest BCUT2D eigenvalue weighted by Gasteiger charge is 2.27. The van der Waals surface area contributed by atoms with Gasteiger partial charge in [-0.2, -0.15) is 13.9 Å². The van der Waals surface area contributed by atoms with E-state index < -0.39 is 23.3 Å². The molecule has 1 amide bonds. The molecule has 0 saturated heterocycles. The van der Waals surface area contributed by atoms with Crippen LogP contribution in [-0.2, 0) is 17.8 Å². The van der Waals surface area contributed by atoms with Crippen molar-refractivity contribution < 1.29 is 22.5 Å². The van der Waals surface area contributed by atoms with Crippen LogP contribution in [0.1, 0.15) is 43.1 Å². The molecular formula is C14H21F2N3O3S. The summed E-state index contributed by atoms with van der Waals surface area (Å²) >= 11 is 0. The zero-order chi connectivity index (χ0) is 17.0. The number of carbonyl (C=O) groups excluding carboxylic acids is 1. The number of nitrogens with one attached hydrogen (secondary N) is 1. The third kappa shape index (κ3) is 4.73. The van der Waals surface area contributed by atoms with E-state index in [9.17, 15) is 17.8 Å². The Bertz CT molecular complexity index is 580. The lowest BCUT2D eigenvalue weighted by molar-refractivity contribution is -0.0553. The first-order valence-corrected chi connectivity index (χ1v) is 8.95. The quantitative estimate of drug-likeness (QED) is 0.850. The van der Waals surface area contributed by atoms with Gasteiger partial charge in [0.1, 0.15) is 0 Å². The minimum absolute atomic E-state index is 0.0295. The van der Waals surface area contributed by atoms with Gasteiger partial charge in [0.2, 0.25) is 5.88 Å². The minimum atomic E-state index is -2.97. The molecule has 0 radical (unpaired) electrons. The van der Waals surface area contributed by atoms with Crippen molar-refractivity contribution in [2.45, 2.75) is 50.5 Å². The minimum Gasteiger partial charge on any atom is -0.417 e. The van der Waals surface area contributed by atoms with Crippen LogP contribution < -0.4 is 10.1 Å². The Labute approximate surface area is 136 Å². The van der Waals surface area contributed by atoms with Gasteiger partial charge in [0, 0.05) is 41.0 Å². The topological polar surface area (TPSA) is 73.2 Å². The third-order valence-corrected chi connectivity index (χ3v) is 5.64. The first-order chi connectivity index (χ1) is 10.9. The molecule has 1 saturated carbocycles. The Balaban J connectivity index is 1.97. The Morgan fingerprint density at radius 1 is 1.57 bits per heavy atom. The molecule has 1 heterocycles. The largest absolute Gasteiger partial charge is 0.417 e. The van der Waals surface area contributed by atoms with E-state index in [4.69, 9.17) is 0 Å². The number of hydrogen-bond acceptors (Lipinski definition) is 4. The first-order valence-electron chi connectivity index (χ1n) is 7.57. The molecule has 1 N–H and O–H groups in total. The van der Waals surface area contributed by atoms with E-state index in [2.05, 4.69) is 15.2 Å². The molecule has 0 aromatic carbocycles. The van der Waals surface area contributed by atoms with Crippen molar-refractivity contribution in [3.05, 3.63) is 11.8 Å². The average Bonchev–Trinajstić information content (AvgIpc) is 2.87. The zero-order valence-corrected chi connectivity index (χ0v) is 13.9. The molecule has 1 aliphatic carbocycles. The summed E-state index contributed by atoms with van der Waals surface area (Å²) in [6.07, 6.45) is 3.29. The van der Waals surface area contributed by atoms with E-state index >= 15 is 0 Å². The maximum absolute atomic E-state index is 12.2. The lowest BCUT2D eigenvalue weighted by Gasteiger charge is -2.28. The maximum atomic E-state index is 12.2. The monoisotopic (exact) mass is 349 g/mol. The lowest BCUT2D eigenvalue weighted by Crippen LogP contribution is -2.41. The Kier molecular flexibility index (Phi) is 6.09. The smallest absolute Gasteiger partial charge is 0.388 e. The number of aromatic nitrogens is 2. The van der Waals surface area contributed by atoms with Gasteiger partial charge >= 0.3 is 6.61 Å². The van der Waals surface area contributed by atoms with Crippen LogP contribution in [0.2, 0.25) is 0 Å². The molecule has 130 valence electrons. The summed E-state index contributed by atoms with van der Waals surface area (Å²) in [5, 5.41) is 6.83. The molecule has 9 heteroatoms. The van der Waals surface area contributed by atoms with Gasteiger partial charge in [-0.15, -0.1) is 0 Å². The van der Waals surface area contributed by atoms with Crippen LogP contribution >= 0.6 is 0 Å². The van der Waals surface area contributed by atoms with Gasteiger partial charge in [-0.1, -0.05) is 13.3 Å². The van der Waals surface area contributed by atoms with E-state index in [1.807, 2.05) is 6.92 Å². The molecule has 6 nitrogen and oxygen atoms in total. The molecule has 0 aliphatic heterocycles. The Hall–Kier alpha value is -1.51. The number of rotatable bonds is 6. The van der Waals surface area contributed by atoms with Gasteiger partial charge in [0.05, 0.1) is 0 Å². The zero-order valence-electron chi connectivity index (χ0n) is 13.1. The number of aryl methyl sites for hydroxylation is 1. The van der Waals surface area contributed by atoms with E-state index in [0.29, 0.717) is 12.2 Å². The highest BCUT2D eigenvalue weighted by molar-refractivity contribution is 7.85. The second kappa shape index (κ2) is 7.85. The number of alkyl halides is 2. The van der Waals surface area contributed by atoms with Crippen LogP contribution in [0, 0.1) is 0 Å². The molecule has 0 spiro atoms. The second-order valence-electron chi connectivity index (χ2n) is 5.50. The van der Waals surface area contributed by atoms with E-state index in [-0.39, 0.29) is 22.9 Å². The predicted octanol–water partition coefficient (Wildman–Crippen LogP) is 1.83. The van der Waals surface area contributed by atoms with Crippen molar-refractivity contribution in [2.75, 3.05) is 5.75 Å². The summed E-state index contributed by atoms with van der Waals surface area (Å²) in [5.41, 5.74) is 0.0295. The average molecular weight is 349 g/mol. The molecule has 1 aromatic rings. The summed E-state index contributed by atoms with van der Waals surface area (Å²) in [4.78, 5) is 12.2. The fourth-order valence-corrected chi connectivity index (χ4v) is 4.12. The van der Waals surface area contributed by atoms with Gasteiger partial charge in [0.15, 0.2) is 5.69 Å². The molecule has 23 heavy (non-hydrogen) atoms. The van der Waals surface area contributed by atoms with Gasteiger partial charge in [-0.3, -0.25) is 9.00 Å². The van der Waals surface area contributed by atoms with Crippen molar-refractivity contribution in [3.63, 3.8) is 0 Å². The van der Waals surface area contributed by atoms with Gasteiger partial charge in [-0.25, -0.2) is 4.68 Å².